The van der Waals surface area contributed by atoms with E-state index >= 15 is 0 Å². The fraction of sp³-hybridized carbons (Fsp3) is 0.0882. The standard InChI is InChI=1S/C34H24N2/c1-22-11-14-24(15-12-22)34(25-16-18-33-29(20-25)27-8-4-6-10-32(27)36(33)2)30-9-5-3-7-26(30)28-19-23(21-35)13-17-31(28)34/h3-20H,1-2H3. The Hall–Kier alpha value is -4.61. The van der Waals surface area contributed by atoms with E-state index in [9.17, 15) is 5.26 Å². The summed E-state index contributed by atoms with van der Waals surface area (Å²) in [4.78, 5) is 0. The van der Waals surface area contributed by atoms with Crippen molar-refractivity contribution in [1.82, 2.24) is 4.57 Å². The lowest BCUT2D eigenvalue weighted by atomic mass is 9.67. The van der Waals surface area contributed by atoms with Crippen LogP contribution in [0, 0.1) is 18.3 Å². The van der Waals surface area contributed by atoms with Gasteiger partial charge in [-0.05, 0) is 70.6 Å². The predicted octanol–water partition coefficient (Wildman–Crippen LogP) is 7.87. The molecule has 1 heterocycles. The van der Waals surface area contributed by atoms with Crippen LogP contribution in [0.15, 0.2) is 109 Å². The third kappa shape index (κ3) is 2.60. The lowest BCUT2D eigenvalue weighted by Crippen LogP contribution is -2.28. The highest BCUT2D eigenvalue weighted by molar-refractivity contribution is 6.08. The Kier molecular flexibility index (Phi) is 4.29. The van der Waals surface area contributed by atoms with Gasteiger partial charge in [-0.2, -0.15) is 5.26 Å². The maximum Gasteiger partial charge on any atom is 0.0991 e. The number of aryl methyl sites for hydroxylation is 2. The normalized spacial score (nSPS) is 16.1. The van der Waals surface area contributed by atoms with Crippen molar-refractivity contribution in [2.45, 2.75) is 12.3 Å². The smallest absolute Gasteiger partial charge is 0.0991 e. The summed E-state index contributed by atoms with van der Waals surface area (Å²) in [7, 11) is 2.14. The van der Waals surface area contributed by atoms with Gasteiger partial charge in [0.1, 0.15) is 0 Å². The predicted molar refractivity (Wildman–Crippen MR) is 147 cm³/mol. The number of fused-ring (bicyclic) bond motifs is 6. The summed E-state index contributed by atoms with van der Waals surface area (Å²) in [6, 6.07) is 41.8. The number of aromatic nitrogens is 1. The van der Waals surface area contributed by atoms with Gasteiger partial charge in [0.25, 0.3) is 0 Å². The van der Waals surface area contributed by atoms with Crippen LogP contribution in [0.1, 0.15) is 33.4 Å². The van der Waals surface area contributed by atoms with E-state index < -0.39 is 5.41 Å². The van der Waals surface area contributed by atoms with Gasteiger partial charge in [0.15, 0.2) is 0 Å². The van der Waals surface area contributed by atoms with Crippen LogP contribution < -0.4 is 0 Å². The highest BCUT2D eigenvalue weighted by atomic mass is 14.9. The van der Waals surface area contributed by atoms with Crippen LogP contribution in [0.4, 0.5) is 0 Å². The first-order valence-electron chi connectivity index (χ1n) is 12.3. The van der Waals surface area contributed by atoms with Crippen molar-refractivity contribution < 1.29 is 0 Å². The fourth-order valence-electron chi connectivity index (χ4n) is 6.35. The number of hydrogen-bond donors (Lipinski definition) is 0. The lowest BCUT2D eigenvalue weighted by Gasteiger charge is -2.34. The molecule has 0 fully saturated rings. The molecule has 0 aliphatic heterocycles. The number of nitriles is 1. The summed E-state index contributed by atoms with van der Waals surface area (Å²) in [5.74, 6) is 0. The van der Waals surface area contributed by atoms with Gasteiger partial charge in [-0.25, -0.2) is 0 Å². The quantitative estimate of drug-likeness (QED) is 0.258. The van der Waals surface area contributed by atoms with Crippen molar-refractivity contribution in [1.29, 1.82) is 5.26 Å². The van der Waals surface area contributed by atoms with Crippen molar-refractivity contribution in [3.8, 4) is 17.2 Å². The molecule has 0 bridgehead atoms. The summed E-state index contributed by atoms with van der Waals surface area (Å²) >= 11 is 0. The number of hydrogen-bond acceptors (Lipinski definition) is 1. The zero-order valence-corrected chi connectivity index (χ0v) is 20.3. The zero-order chi connectivity index (χ0) is 24.4. The molecule has 7 rings (SSSR count). The molecule has 1 aliphatic rings. The van der Waals surface area contributed by atoms with Crippen molar-refractivity contribution >= 4 is 21.8 Å². The van der Waals surface area contributed by atoms with Crippen molar-refractivity contribution in [3.05, 3.63) is 143 Å². The second kappa shape index (κ2) is 7.44. The third-order valence-electron chi connectivity index (χ3n) is 8.00. The Morgan fingerprint density at radius 3 is 2.17 bits per heavy atom. The summed E-state index contributed by atoms with van der Waals surface area (Å²) in [6.45, 7) is 2.13. The van der Waals surface area contributed by atoms with Gasteiger partial charge in [0, 0.05) is 28.9 Å². The van der Waals surface area contributed by atoms with E-state index in [1.54, 1.807) is 0 Å². The van der Waals surface area contributed by atoms with Crippen molar-refractivity contribution in [2.24, 2.45) is 7.05 Å². The van der Waals surface area contributed by atoms with E-state index in [4.69, 9.17) is 0 Å². The first kappa shape index (κ1) is 20.7. The van der Waals surface area contributed by atoms with Gasteiger partial charge < -0.3 is 4.57 Å². The van der Waals surface area contributed by atoms with Gasteiger partial charge in [0.2, 0.25) is 0 Å². The van der Waals surface area contributed by atoms with Crippen LogP contribution >= 0.6 is 0 Å². The van der Waals surface area contributed by atoms with Crippen molar-refractivity contribution in [3.63, 3.8) is 0 Å². The Morgan fingerprint density at radius 1 is 0.639 bits per heavy atom. The maximum atomic E-state index is 9.68. The molecule has 0 spiro atoms. The van der Waals surface area contributed by atoms with Crippen LogP contribution in [-0.2, 0) is 12.5 Å². The Bertz CT molecular complexity index is 1860. The van der Waals surface area contributed by atoms with Gasteiger partial charge in [-0.15, -0.1) is 0 Å². The first-order chi connectivity index (χ1) is 17.6. The minimum Gasteiger partial charge on any atom is -0.344 e. The van der Waals surface area contributed by atoms with Crippen LogP contribution in [0.25, 0.3) is 32.9 Å². The fourth-order valence-corrected chi connectivity index (χ4v) is 6.35. The minimum absolute atomic E-state index is 0.473. The molecule has 0 N–H and O–H groups in total. The Labute approximate surface area is 210 Å². The maximum absolute atomic E-state index is 9.68. The molecular weight excluding hydrogens is 436 g/mol. The zero-order valence-electron chi connectivity index (χ0n) is 20.3. The Morgan fingerprint density at radius 2 is 1.33 bits per heavy atom. The molecule has 6 aromatic rings. The molecule has 170 valence electrons. The molecule has 1 atom stereocenters. The molecule has 36 heavy (non-hydrogen) atoms. The molecule has 0 saturated carbocycles. The molecule has 1 unspecified atom stereocenters. The van der Waals surface area contributed by atoms with Crippen LogP contribution in [-0.4, -0.2) is 4.57 Å². The molecule has 0 amide bonds. The van der Waals surface area contributed by atoms with Crippen LogP contribution in [0.3, 0.4) is 0 Å². The monoisotopic (exact) mass is 460 g/mol. The second-order valence-corrected chi connectivity index (χ2v) is 9.84. The largest absolute Gasteiger partial charge is 0.344 e. The van der Waals surface area contributed by atoms with Crippen LogP contribution in [0.2, 0.25) is 0 Å². The number of benzene rings is 5. The van der Waals surface area contributed by atoms with E-state index in [1.807, 2.05) is 6.07 Å². The van der Waals surface area contributed by atoms with E-state index in [0.717, 1.165) is 5.56 Å². The average Bonchev–Trinajstić information content (AvgIpc) is 3.39. The van der Waals surface area contributed by atoms with Gasteiger partial charge in [-0.3, -0.25) is 0 Å². The minimum atomic E-state index is -0.473. The molecule has 1 aliphatic carbocycles. The highest BCUT2D eigenvalue weighted by Crippen LogP contribution is 2.56. The average molecular weight is 461 g/mol. The van der Waals surface area contributed by atoms with Gasteiger partial charge >= 0.3 is 0 Å². The van der Waals surface area contributed by atoms with E-state index in [-0.39, 0.29) is 0 Å². The van der Waals surface area contributed by atoms with E-state index in [0.29, 0.717) is 5.56 Å². The molecule has 0 saturated heterocycles. The molecule has 1 aromatic heterocycles. The summed E-state index contributed by atoms with van der Waals surface area (Å²) in [5.41, 5.74) is 11.2. The topological polar surface area (TPSA) is 28.7 Å². The number of rotatable bonds is 2. The summed E-state index contributed by atoms with van der Waals surface area (Å²) in [5, 5.41) is 12.2. The Balaban J connectivity index is 1.65. The highest BCUT2D eigenvalue weighted by Gasteiger charge is 2.46. The summed E-state index contributed by atoms with van der Waals surface area (Å²) < 4.78 is 2.28. The number of para-hydroxylation sites is 1. The molecule has 5 aromatic carbocycles. The van der Waals surface area contributed by atoms with E-state index in [1.165, 1.54) is 55.2 Å². The molecule has 2 heteroatoms. The molecule has 0 radical (unpaired) electrons. The second-order valence-electron chi connectivity index (χ2n) is 9.84. The molecule has 2 nitrogen and oxygen atoms in total. The lowest BCUT2D eigenvalue weighted by molar-refractivity contribution is 0.769. The van der Waals surface area contributed by atoms with Gasteiger partial charge in [-0.1, -0.05) is 84.4 Å². The molecular formula is C34H24N2. The third-order valence-corrected chi connectivity index (χ3v) is 8.00. The number of nitrogens with zero attached hydrogens (tertiary/aromatic N) is 2. The van der Waals surface area contributed by atoms with Gasteiger partial charge in [0.05, 0.1) is 17.0 Å². The van der Waals surface area contributed by atoms with Crippen LogP contribution in [0.5, 0.6) is 0 Å². The SMILES string of the molecule is Cc1ccc(C2(c3ccc4c(c3)c3ccccc3n4C)c3ccccc3-c3cc(C#N)ccc32)cc1. The first-order valence-corrected chi connectivity index (χ1v) is 12.3. The van der Waals surface area contributed by atoms with Crippen molar-refractivity contribution in [2.75, 3.05) is 0 Å². The summed E-state index contributed by atoms with van der Waals surface area (Å²) in [6.07, 6.45) is 0. The van der Waals surface area contributed by atoms with E-state index in [2.05, 4.69) is 128 Å².